The summed E-state index contributed by atoms with van der Waals surface area (Å²) in [5, 5.41) is 10.7. The first-order valence-corrected chi connectivity index (χ1v) is 12.0. The second kappa shape index (κ2) is 11.3. The van der Waals surface area contributed by atoms with Crippen molar-refractivity contribution in [2.75, 3.05) is 18.5 Å². The molecule has 3 aromatic rings. The van der Waals surface area contributed by atoms with E-state index in [1.807, 2.05) is 13.8 Å². The van der Waals surface area contributed by atoms with Gasteiger partial charge in [-0.2, -0.15) is 18.3 Å². The van der Waals surface area contributed by atoms with Gasteiger partial charge in [0.2, 0.25) is 0 Å². The molecule has 0 atom stereocenters. The van der Waals surface area contributed by atoms with Gasteiger partial charge in [-0.15, -0.1) is 0 Å². The highest BCUT2D eigenvalue weighted by molar-refractivity contribution is 6.33. The zero-order chi connectivity index (χ0) is 26.5. The molecule has 0 aliphatic carbocycles. The Balaban J connectivity index is 1.88. The van der Waals surface area contributed by atoms with Crippen molar-refractivity contribution in [3.05, 3.63) is 64.8 Å². The molecule has 1 heterocycles. The normalized spacial score (nSPS) is 12.0. The lowest BCUT2D eigenvalue weighted by molar-refractivity contribution is -0.137. The van der Waals surface area contributed by atoms with E-state index in [0.717, 1.165) is 31.5 Å². The second-order valence-corrected chi connectivity index (χ2v) is 9.57. The van der Waals surface area contributed by atoms with Gasteiger partial charge in [-0.3, -0.25) is 9.48 Å². The molecule has 0 unspecified atom stereocenters. The van der Waals surface area contributed by atoms with Gasteiger partial charge in [0.25, 0.3) is 5.91 Å². The number of anilines is 1. The highest BCUT2D eigenvalue weighted by Crippen LogP contribution is 2.37. The van der Waals surface area contributed by atoms with E-state index < -0.39 is 17.6 Å². The monoisotopic (exact) mass is 522 g/mol. The Bertz CT molecular complexity index is 1190. The number of benzene rings is 2. The third-order valence-electron chi connectivity index (χ3n) is 5.56. The number of carbonyl (C=O) groups is 1. The molecule has 194 valence electrons. The summed E-state index contributed by atoms with van der Waals surface area (Å²) in [4.78, 5) is 12.7. The van der Waals surface area contributed by atoms with Crippen LogP contribution in [0.25, 0.3) is 11.3 Å². The molecule has 3 rings (SSSR count). The second-order valence-electron chi connectivity index (χ2n) is 9.16. The summed E-state index contributed by atoms with van der Waals surface area (Å²) in [6, 6.07) is 9.26. The average molecular weight is 523 g/mol. The number of aromatic nitrogens is 2. The molecule has 0 saturated heterocycles. The van der Waals surface area contributed by atoms with Crippen LogP contribution in [0.4, 0.5) is 18.9 Å². The van der Waals surface area contributed by atoms with Gasteiger partial charge in [0, 0.05) is 29.4 Å². The fourth-order valence-corrected chi connectivity index (χ4v) is 3.85. The van der Waals surface area contributed by atoms with E-state index in [1.165, 1.54) is 18.3 Å². The van der Waals surface area contributed by atoms with Crippen molar-refractivity contribution in [2.24, 2.45) is 7.05 Å². The number of nitrogens with one attached hydrogen (secondary N) is 2. The van der Waals surface area contributed by atoms with E-state index in [-0.39, 0.29) is 11.1 Å². The van der Waals surface area contributed by atoms with Crippen LogP contribution < -0.4 is 15.4 Å². The van der Waals surface area contributed by atoms with Crippen LogP contribution >= 0.6 is 11.6 Å². The van der Waals surface area contributed by atoms with E-state index in [1.54, 1.807) is 29.9 Å². The maximum Gasteiger partial charge on any atom is 0.416 e. The molecule has 0 fully saturated rings. The summed E-state index contributed by atoms with van der Waals surface area (Å²) in [7, 11) is 1.73. The van der Waals surface area contributed by atoms with Gasteiger partial charge in [-0.1, -0.05) is 31.0 Å². The summed E-state index contributed by atoms with van der Waals surface area (Å²) >= 11 is 6.40. The molecular formula is C26H30ClF3N4O2. The molecular weight excluding hydrogens is 493 g/mol. The lowest BCUT2D eigenvalue weighted by atomic mass is 10.1. The molecule has 1 amide bonds. The molecule has 2 N–H and O–H groups in total. The molecule has 0 saturated carbocycles. The zero-order valence-corrected chi connectivity index (χ0v) is 21.4. The van der Waals surface area contributed by atoms with Gasteiger partial charge < -0.3 is 15.4 Å². The Morgan fingerprint density at radius 3 is 2.56 bits per heavy atom. The van der Waals surface area contributed by atoms with Crippen molar-refractivity contribution in [1.82, 2.24) is 15.1 Å². The number of hydrogen-bond donors (Lipinski definition) is 2. The molecule has 10 heteroatoms. The lowest BCUT2D eigenvalue weighted by Gasteiger charge is -2.27. The topological polar surface area (TPSA) is 68.2 Å². The number of alkyl halides is 3. The Morgan fingerprint density at radius 1 is 1.17 bits per heavy atom. The van der Waals surface area contributed by atoms with Crippen LogP contribution in [0.2, 0.25) is 5.02 Å². The Labute approximate surface area is 213 Å². The maximum atomic E-state index is 13.1. The fourth-order valence-electron chi connectivity index (χ4n) is 3.59. The number of carbonyl (C=O) groups excluding carboxylic acids is 1. The molecule has 6 nitrogen and oxygen atoms in total. The number of amides is 1. The molecule has 0 aliphatic rings. The standard InChI is InChI=1S/C26H30ClF3N4O2/c1-5-6-12-31-25(2,3)16-36-22-11-10-19(14-20(22)23-21(27)15-32-34(23)4)33-24(35)17-8-7-9-18(13-17)26(28,29)30/h7-11,13-15,31H,5-6,12,16H2,1-4H3,(H,33,35). The summed E-state index contributed by atoms with van der Waals surface area (Å²) in [5.74, 6) is -0.138. The Hall–Kier alpha value is -3.04. The van der Waals surface area contributed by atoms with Crippen molar-refractivity contribution < 1.29 is 22.7 Å². The predicted octanol–water partition coefficient (Wildman–Crippen LogP) is 6.56. The molecule has 0 aliphatic heterocycles. The largest absolute Gasteiger partial charge is 0.491 e. The molecule has 0 spiro atoms. The molecule has 0 radical (unpaired) electrons. The summed E-state index contributed by atoms with van der Waals surface area (Å²) in [5.41, 5.74) is 0.253. The Kier molecular flexibility index (Phi) is 8.68. The van der Waals surface area contributed by atoms with Crippen LogP contribution in [-0.2, 0) is 13.2 Å². The first kappa shape index (κ1) is 27.5. The van der Waals surface area contributed by atoms with E-state index in [0.29, 0.717) is 34.3 Å². The van der Waals surface area contributed by atoms with Crippen LogP contribution in [0.3, 0.4) is 0 Å². The van der Waals surface area contributed by atoms with E-state index in [4.69, 9.17) is 16.3 Å². The summed E-state index contributed by atoms with van der Waals surface area (Å²) in [6.45, 7) is 7.46. The van der Waals surface area contributed by atoms with Crippen LogP contribution in [0, 0.1) is 0 Å². The van der Waals surface area contributed by atoms with Crippen molar-refractivity contribution in [1.29, 1.82) is 0 Å². The minimum Gasteiger partial charge on any atom is -0.491 e. The highest BCUT2D eigenvalue weighted by Gasteiger charge is 2.31. The number of aryl methyl sites for hydroxylation is 1. The summed E-state index contributed by atoms with van der Waals surface area (Å²) in [6.07, 6.45) is -0.900. The van der Waals surface area contributed by atoms with Crippen molar-refractivity contribution in [2.45, 2.75) is 45.3 Å². The molecule has 1 aromatic heterocycles. The predicted molar refractivity (Wildman–Crippen MR) is 136 cm³/mol. The van der Waals surface area contributed by atoms with Crippen molar-refractivity contribution in [3.63, 3.8) is 0 Å². The van der Waals surface area contributed by atoms with Gasteiger partial charge in [-0.25, -0.2) is 0 Å². The quantitative estimate of drug-likeness (QED) is 0.296. The van der Waals surface area contributed by atoms with Gasteiger partial charge >= 0.3 is 6.18 Å². The number of halogens is 4. The van der Waals surface area contributed by atoms with Gasteiger partial charge in [0.05, 0.1) is 22.5 Å². The van der Waals surface area contributed by atoms with Gasteiger partial charge in [-0.05, 0) is 63.2 Å². The SMILES string of the molecule is CCCCNC(C)(C)COc1ccc(NC(=O)c2cccc(C(F)(F)F)c2)cc1-c1c(Cl)cnn1C. The van der Waals surface area contributed by atoms with E-state index in [2.05, 4.69) is 22.7 Å². The summed E-state index contributed by atoms with van der Waals surface area (Å²) < 4.78 is 46.9. The van der Waals surface area contributed by atoms with Crippen LogP contribution in [0.15, 0.2) is 48.7 Å². The first-order valence-electron chi connectivity index (χ1n) is 11.6. The van der Waals surface area contributed by atoms with Crippen molar-refractivity contribution >= 4 is 23.2 Å². The third-order valence-corrected chi connectivity index (χ3v) is 5.84. The molecule has 0 bridgehead atoms. The smallest absolute Gasteiger partial charge is 0.416 e. The van der Waals surface area contributed by atoms with Crippen LogP contribution in [0.1, 0.15) is 49.5 Å². The lowest BCUT2D eigenvalue weighted by Crippen LogP contribution is -2.45. The number of hydrogen-bond acceptors (Lipinski definition) is 4. The number of ether oxygens (including phenoxy) is 1. The molecule has 36 heavy (non-hydrogen) atoms. The molecule has 2 aromatic carbocycles. The van der Waals surface area contributed by atoms with Gasteiger partial charge in [0.15, 0.2) is 0 Å². The zero-order valence-electron chi connectivity index (χ0n) is 20.7. The minimum atomic E-state index is -4.54. The number of nitrogens with zero attached hydrogens (tertiary/aromatic N) is 2. The van der Waals surface area contributed by atoms with E-state index in [9.17, 15) is 18.0 Å². The number of rotatable bonds is 10. The van der Waals surface area contributed by atoms with Gasteiger partial charge in [0.1, 0.15) is 12.4 Å². The third kappa shape index (κ3) is 7.01. The first-order chi connectivity index (χ1) is 16.9. The highest BCUT2D eigenvalue weighted by atomic mass is 35.5. The minimum absolute atomic E-state index is 0.106. The number of unbranched alkanes of at least 4 members (excludes halogenated alkanes) is 1. The average Bonchev–Trinajstić information content (AvgIpc) is 3.15. The Morgan fingerprint density at radius 2 is 1.92 bits per heavy atom. The van der Waals surface area contributed by atoms with Crippen LogP contribution in [0.5, 0.6) is 5.75 Å². The van der Waals surface area contributed by atoms with Crippen molar-refractivity contribution in [3.8, 4) is 17.0 Å². The maximum absolute atomic E-state index is 13.1. The van der Waals surface area contributed by atoms with Crippen LogP contribution in [-0.4, -0.2) is 34.4 Å². The van der Waals surface area contributed by atoms with E-state index >= 15 is 0 Å². The fraction of sp³-hybridized carbons (Fsp3) is 0.385.